The molecule has 1 unspecified atom stereocenters. The summed E-state index contributed by atoms with van der Waals surface area (Å²) in [5, 5.41) is 8.22. The van der Waals surface area contributed by atoms with Crippen LogP contribution in [0.1, 0.15) is 19.8 Å². The quantitative estimate of drug-likeness (QED) is 0.500. The van der Waals surface area contributed by atoms with Crippen molar-refractivity contribution >= 4 is 24.3 Å². The zero-order valence-corrected chi connectivity index (χ0v) is 8.17. The second kappa shape index (κ2) is 7.82. The maximum Gasteiger partial charge on any atom is 0.322 e. The lowest BCUT2D eigenvalue weighted by molar-refractivity contribution is -0.146. The molecule has 0 bridgehead atoms. The average Bonchev–Trinajstić information content (AvgIpc) is 1.97. The Labute approximate surface area is 82.7 Å². The number of hydrogen-bond donors (Lipinski definition) is 2. The van der Waals surface area contributed by atoms with Crippen molar-refractivity contribution in [1.29, 1.82) is 0 Å². The number of aliphatic carboxylic acids is 1. The van der Waals surface area contributed by atoms with Gasteiger partial charge in [0.25, 0.3) is 0 Å². The molecule has 0 aromatic heterocycles. The molecule has 0 aromatic rings. The lowest BCUT2D eigenvalue weighted by Crippen LogP contribution is -2.29. The van der Waals surface area contributed by atoms with Crippen molar-refractivity contribution in [3.63, 3.8) is 0 Å². The Balaban J connectivity index is 0. The molecule has 0 radical (unpaired) electrons. The van der Waals surface area contributed by atoms with E-state index >= 15 is 0 Å². The van der Waals surface area contributed by atoms with Gasteiger partial charge in [-0.1, -0.05) is 0 Å². The van der Waals surface area contributed by atoms with Gasteiger partial charge in [-0.2, -0.15) is 0 Å². The van der Waals surface area contributed by atoms with Gasteiger partial charge in [0.1, 0.15) is 6.04 Å². The molecule has 0 saturated heterocycles. The van der Waals surface area contributed by atoms with Crippen molar-refractivity contribution in [2.75, 3.05) is 6.61 Å². The number of rotatable bonds is 5. The third-order valence-corrected chi connectivity index (χ3v) is 1.15. The van der Waals surface area contributed by atoms with Gasteiger partial charge in [0.15, 0.2) is 0 Å². The number of halogens is 1. The Kier molecular flexibility index (Phi) is 8.84. The summed E-state index contributed by atoms with van der Waals surface area (Å²) in [4.78, 5) is 20.7. The summed E-state index contributed by atoms with van der Waals surface area (Å²) in [5.74, 6) is -1.40. The minimum Gasteiger partial charge on any atom is -0.481 e. The molecule has 0 heterocycles. The van der Waals surface area contributed by atoms with Crippen LogP contribution in [-0.4, -0.2) is 29.7 Å². The first-order chi connectivity index (χ1) is 5.54. The smallest absolute Gasteiger partial charge is 0.322 e. The zero-order valence-electron chi connectivity index (χ0n) is 7.36. The van der Waals surface area contributed by atoms with Gasteiger partial charge in [-0.3, -0.25) is 9.59 Å². The van der Waals surface area contributed by atoms with Gasteiger partial charge in [0.2, 0.25) is 0 Å². The molecule has 6 heteroatoms. The first-order valence-electron chi connectivity index (χ1n) is 3.68. The summed E-state index contributed by atoms with van der Waals surface area (Å²) in [6.45, 7) is 1.63. The molecular formula is C7H14ClNO4. The Morgan fingerprint density at radius 3 is 2.46 bits per heavy atom. The average molecular weight is 212 g/mol. The van der Waals surface area contributed by atoms with Gasteiger partial charge in [-0.05, 0) is 13.3 Å². The first kappa shape index (κ1) is 14.7. The highest BCUT2D eigenvalue weighted by Crippen LogP contribution is 1.91. The highest BCUT2D eigenvalue weighted by Gasteiger charge is 2.07. The van der Waals surface area contributed by atoms with Crippen molar-refractivity contribution in [2.24, 2.45) is 5.73 Å². The second-order valence-corrected chi connectivity index (χ2v) is 2.45. The van der Waals surface area contributed by atoms with Crippen LogP contribution in [0, 0.1) is 0 Å². The van der Waals surface area contributed by atoms with Gasteiger partial charge in [-0.25, -0.2) is 0 Å². The van der Waals surface area contributed by atoms with E-state index < -0.39 is 18.0 Å². The van der Waals surface area contributed by atoms with E-state index in [0.717, 1.165) is 0 Å². The molecular weight excluding hydrogens is 198 g/mol. The van der Waals surface area contributed by atoms with Crippen LogP contribution in [-0.2, 0) is 14.3 Å². The van der Waals surface area contributed by atoms with E-state index in [1.165, 1.54) is 6.92 Å². The van der Waals surface area contributed by atoms with E-state index in [9.17, 15) is 9.59 Å². The molecule has 0 aliphatic carbocycles. The van der Waals surface area contributed by atoms with Crippen LogP contribution >= 0.6 is 12.4 Å². The Bertz CT molecular complexity index is 172. The molecule has 5 nitrogen and oxygen atoms in total. The van der Waals surface area contributed by atoms with Crippen molar-refractivity contribution in [1.82, 2.24) is 0 Å². The molecule has 0 amide bonds. The van der Waals surface area contributed by atoms with Crippen molar-refractivity contribution < 1.29 is 19.4 Å². The fourth-order valence-electron chi connectivity index (χ4n) is 0.528. The number of hydrogen-bond acceptors (Lipinski definition) is 4. The van der Waals surface area contributed by atoms with E-state index in [1.54, 1.807) is 0 Å². The summed E-state index contributed by atoms with van der Waals surface area (Å²) in [5.41, 5.74) is 5.19. The molecule has 0 aromatic carbocycles. The molecule has 1 atom stereocenters. The van der Waals surface area contributed by atoms with Crippen molar-refractivity contribution in [3.8, 4) is 0 Å². The lowest BCUT2D eigenvalue weighted by Gasteiger charge is -2.05. The van der Waals surface area contributed by atoms with Crippen LogP contribution in [0.2, 0.25) is 0 Å². The monoisotopic (exact) mass is 211 g/mol. The maximum atomic E-state index is 10.7. The maximum absolute atomic E-state index is 10.7. The number of esters is 1. The van der Waals surface area contributed by atoms with E-state index in [-0.39, 0.29) is 25.4 Å². The summed E-state index contributed by atoms with van der Waals surface area (Å²) in [6, 6.07) is -0.644. The van der Waals surface area contributed by atoms with Gasteiger partial charge in [0.05, 0.1) is 6.61 Å². The fourth-order valence-corrected chi connectivity index (χ4v) is 0.528. The predicted molar refractivity (Wildman–Crippen MR) is 48.7 cm³/mol. The Morgan fingerprint density at radius 1 is 1.54 bits per heavy atom. The summed E-state index contributed by atoms with van der Waals surface area (Å²) < 4.78 is 4.63. The third-order valence-electron chi connectivity index (χ3n) is 1.15. The first-order valence-corrected chi connectivity index (χ1v) is 3.68. The third kappa shape index (κ3) is 9.10. The van der Waals surface area contributed by atoms with Gasteiger partial charge >= 0.3 is 11.9 Å². The fraction of sp³-hybridized carbons (Fsp3) is 0.714. The Hall–Kier alpha value is -0.810. The number of nitrogens with two attached hydrogens (primary N) is 1. The van der Waals surface area contributed by atoms with Gasteiger partial charge < -0.3 is 15.6 Å². The SMILES string of the molecule is CC(N)C(=O)OCCCC(=O)O.Cl. The molecule has 78 valence electrons. The number of carboxylic acid groups (broad SMARTS) is 1. The second-order valence-electron chi connectivity index (χ2n) is 2.45. The van der Waals surface area contributed by atoms with Crippen LogP contribution in [0.5, 0.6) is 0 Å². The van der Waals surface area contributed by atoms with Crippen LogP contribution in [0.25, 0.3) is 0 Å². The number of carbonyl (C=O) groups is 2. The molecule has 0 aliphatic heterocycles. The molecule has 0 spiro atoms. The van der Waals surface area contributed by atoms with E-state index in [0.29, 0.717) is 6.42 Å². The molecule has 0 saturated carbocycles. The van der Waals surface area contributed by atoms with E-state index in [2.05, 4.69) is 4.74 Å². The van der Waals surface area contributed by atoms with Crippen LogP contribution in [0.15, 0.2) is 0 Å². The normalized spacial score (nSPS) is 11.2. The zero-order chi connectivity index (χ0) is 9.56. The number of carbonyl (C=O) groups excluding carboxylic acids is 1. The van der Waals surface area contributed by atoms with Crippen molar-refractivity contribution in [2.45, 2.75) is 25.8 Å². The largest absolute Gasteiger partial charge is 0.481 e. The predicted octanol–water partition coefficient (Wildman–Crippen LogP) is 0.163. The van der Waals surface area contributed by atoms with Gasteiger partial charge in [-0.15, -0.1) is 12.4 Å². The summed E-state index contributed by atoms with van der Waals surface area (Å²) >= 11 is 0. The van der Waals surface area contributed by atoms with Crippen molar-refractivity contribution in [3.05, 3.63) is 0 Å². The number of carboxylic acids is 1. The molecule has 0 aliphatic rings. The van der Waals surface area contributed by atoms with E-state index in [1.807, 2.05) is 0 Å². The minimum absolute atomic E-state index is 0. The van der Waals surface area contributed by atoms with Crippen LogP contribution in [0.3, 0.4) is 0 Å². The summed E-state index contributed by atoms with van der Waals surface area (Å²) in [6.07, 6.45) is 0.333. The molecule has 3 N–H and O–H groups in total. The Morgan fingerprint density at radius 2 is 2.08 bits per heavy atom. The summed E-state index contributed by atoms with van der Waals surface area (Å²) in [7, 11) is 0. The number of ether oxygens (including phenoxy) is 1. The van der Waals surface area contributed by atoms with Gasteiger partial charge in [0, 0.05) is 6.42 Å². The highest BCUT2D eigenvalue weighted by molar-refractivity contribution is 5.85. The van der Waals surface area contributed by atoms with Crippen LogP contribution < -0.4 is 5.73 Å². The lowest BCUT2D eigenvalue weighted by atomic mass is 10.3. The standard InChI is InChI=1S/C7H13NO4.ClH/c1-5(8)7(11)12-4-2-3-6(9)10;/h5H,2-4,8H2,1H3,(H,9,10);1H. The highest BCUT2D eigenvalue weighted by atomic mass is 35.5. The molecule has 13 heavy (non-hydrogen) atoms. The molecule has 0 fully saturated rings. The van der Waals surface area contributed by atoms with E-state index in [4.69, 9.17) is 10.8 Å². The minimum atomic E-state index is -0.896. The molecule has 0 rings (SSSR count). The topological polar surface area (TPSA) is 89.6 Å². The van der Waals surface area contributed by atoms with Crippen LogP contribution in [0.4, 0.5) is 0 Å².